The Hall–Kier alpha value is -3.19. The Labute approximate surface area is 190 Å². The van der Waals surface area contributed by atoms with Crippen molar-refractivity contribution in [2.24, 2.45) is 0 Å². The summed E-state index contributed by atoms with van der Waals surface area (Å²) in [6.45, 7) is 2.72. The summed E-state index contributed by atoms with van der Waals surface area (Å²) in [6.07, 6.45) is 3.86. The van der Waals surface area contributed by atoms with Crippen molar-refractivity contribution in [3.05, 3.63) is 75.3 Å². The summed E-state index contributed by atoms with van der Waals surface area (Å²) >= 11 is 6.08. The summed E-state index contributed by atoms with van der Waals surface area (Å²) in [5, 5.41) is 5.18. The molecule has 1 aliphatic heterocycles. The van der Waals surface area contributed by atoms with Gasteiger partial charge in [-0.15, -0.1) is 0 Å². The summed E-state index contributed by atoms with van der Waals surface area (Å²) in [5.41, 5.74) is 2.08. The molecule has 0 radical (unpaired) electrons. The maximum atomic E-state index is 13.1. The van der Waals surface area contributed by atoms with Crippen molar-refractivity contribution in [1.82, 2.24) is 19.7 Å². The van der Waals surface area contributed by atoms with Crippen LogP contribution in [0.4, 0.5) is 0 Å². The molecule has 0 atom stereocenters. The van der Waals surface area contributed by atoms with Gasteiger partial charge in [0.05, 0.1) is 18.3 Å². The molecule has 2 aliphatic rings. The average Bonchev–Trinajstić information content (AvgIpc) is 3.62. The summed E-state index contributed by atoms with van der Waals surface area (Å²) in [4.78, 5) is 31.9. The summed E-state index contributed by atoms with van der Waals surface area (Å²) in [7, 11) is 1.56. The molecule has 1 amide bonds. The van der Waals surface area contributed by atoms with E-state index in [-0.39, 0.29) is 11.5 Å². The highest BCUT2D eigenvalue weighted by Crippen LogP contribution is 2.42. The van der Waals surface area contributed by atoms with E-state index in [9.17, 15) is 9.59 Å². The summed E-state index contributed by atoms with van der Waals surface area (Å²) < 4.78 is 6.91. The van der Waals surface area contributed by atoms with Gasteiger partial charge in [-0.2, -0.15) is 5.10 Å². The van der Waals surface area contributed by atoms with Gasteiger partial charge in [0.15, 0.2) is 0 Å². The number of pyridine rings is 1. The van der Waals surface area contributed by atoms with E-state index in [2.05, 4.69) is 10.1 Å². The van der Waals surface area contributed by atoms with Crippen LogP contribution in [0.3, 0.4) is 0 Å². The number of halogens is 1. The molecular formula is C24H23ClN4O3. The maximum Gasteiger partial charge on any atom is 0.272 e. The molecule has 3 aromatic rings. The Morgan fingerprint density at radius 1 is 1.19 bits per heavy atom. The maximum absolute atomic E-state index is 13.1. The number of likely N-dealkylation sites (tertiary alicyclic amines) is 1. The van der Waals surface area contributed by atoms with Gasteiger partial charge in [0.25, 0.3) is 11.5 Å². The number of rotatable bonds is 5. The molecule has 2 aromatic heterocycles. The molecule has 7 nitrogen and oxygen atoms in total. The average molecular weight is 451 g/mol. The van der Waals surface area contributed by atoms with Gasteiger partial charge in [-0.05, 0) is 61.6 Å². The van der Waals surface area contributed by atoms with E-state index in [4.69, 9.17) is 16.3 Å². The highest BCUT2D eigenvalue weighted by molar-refractivity contribution is 6.30. The monoisotopic (exact) mass is 450 g/mol. The Kier molecular flexibility index (Phi) is 5.01. The number of ether oxygens (including phenoxy) is 1. The lowest BCUT2D eigenvalue weighted by molar-refractivity contribution is 0.0129. The normalized spacial score (nSPS) is 17.0. The number of nitrogens with zero attached hydrogens (tertiary/aromatic N) is 4. The van der Waals surface area contributed by atoms with Gasteiger partial charge in [0.1, 0.15) is 11.4 Å². The van der Waals surface area contributed by atoms with E-state index >= 15 is 0 Å². The number of aromatic nitrogens is 3. The number of amides is 1. The van der Waals surface area contributed by atoms with Gasteiger partial charge in [0.2, 0.25) is 0 Å². The van der Waals surface area contributed by atoms with Crippen LogP contribution in [0.2, 0.25) is 5.02 Å². The third-order valence-corrected chi connectivity index (χ3v) is 6.40. The molecule has 2 fully saturated rings. The zero-order valence-electron chi connectivity index (χ0n) is 17.9. The fourth-order valence-corrected chi connectivity index (χ4v) is 4.50. The highest BCUT2D eigenvalue weighted by atomic mass is 35.5. The minimum Gasteiger partial charge on any atom is -0.496 e. The molecule has 1 saturated heterocycles. The van der Waals surface area contributed by atoms with Crippen molar-refractivity contribution in [2.75, 3.05) is 20.2 Å². The van der Waals surface area contributed by atoms with E-state index in [1.807, 2.05) is 25.1 Å². The highest BCUT2D eigenvalue weighted by Gasteiger charge is 2.46. The molecular weight excluding hydrogens is 428 g/mol. The van der Waals surface area contributed by atoms with Crippen LogP contribution in [-0.2, 0) is 5.54 Å². The minimum atomic E-state index is -0.600. The molecule has 5 rings (SSSR count). The third kappa shape index (κ3) is 3.56. The fraction of sp³-hybridized carbons (Fsp3) is 0.333. The van der Waals surface area contributed by atoms with E-state index in [1.165, 1.54) is 10.7 Å². The second kappa shape index (κ2) is 7.74. The number of benzene rings is 1. The Morgan fingerprint density at radius 3 is 2.69 bits per heavy atom. The smallest absolute Gasteiger partial charge is 0.272 e. The van der Waals surface area contributed by atoms with Crippen molar-refractivity contribution in [3.8, 4) is 17.0 Å². The minimum absolute atomic E-state index is 0.0893. The van der Waals surface area contributed by atoms with E-state index in [0.717, 1.165) is 24.0 Å². The quantitative estimate of drug-likeness (QED) is 0.592. The first kappa shape index (κ1) is 20.7. The van der Waals surface area contributed by atoms with Crippen molar-refractivity contribution in [2.45, 2.75) is 31.2 Å². The Balaban J connectivity index is 1.41. The fourth-order valence-electron chi connectivity index (χ4n) is 4.34. The second-order valence-electron chi connectivity index (χ2n) is 8.69. The van der Waals surface area contributed by atoms with Gasteiger partial charge in [-0.25, -0.2) is 4.68 Å². The molecule has 1 saturated carbocycles. The number of hydrogen-bond acceptors (Lipinski definition) is 5. The first-order chi connectivity index (χ1) is 15.4. The van der Waals surface area contributed by atoms with Crippen molar-refractivity contribution < 1.29 is 9.53 Å². The van der Waals surface area contributed by atoms with Crippen molar-refractivity contribution >= 4 is 17.5 Å². The number of methoxy groups -OCH3 is 1. The predicted octanol–water partition coefficient (Wildman–Crippen LogP) is 3.72. The topological polar surface area (TPSA) is 77.3 Å². The first-order valence-corrected chi connectivity index (χ1v) is 11.0. The molecule has 0 N–H and O–H groups in total. The van der Waals surface area contributed by atoms with Gasteiger partial charge < -0.3 is 9.64 Å². The lowest BCUT2D eigenvalue weighted by Crippen LogP contribution is -2.65. The Morgan fingerprint density at radius 2 is 1.97 bits per heavy atom. The first-order valence-electron chi connectivity index (χ1n) is 10.6. The van der Waals surface area contributed by atoms with Crippen LogP contribution in [-0.4, -0.2) is 45.8 Å². The summed E-state index contributed by atoms with van der Waals surface area (Å²) in [6, 6.07) is 12.3. The lowest BCUT2D eigenvalue weighted by Gasteiger charge is -2.47. The number of carbonyl (C=O) groups excluding carboxylic acids is 1. The van der Waals surface area contributed by atoms with Gasteiger partial charge in [0, 0.05) is 35.9 Å². The van der Waals surface area contributed by atoms with E-state index in [0.29, 0.717) is 41.2 Å². The molecule has 1 aromatic carbocycles. The zero-order valence-corrected chi connectivity index (χ0v) is 18.7. The SMILES string of the molecule is COc1cc(Cl)ccc1-c1ccc(=O)n(C2(C)CN(C(=O)c3ncccc3C3CC3)C2)n1. The molecule has 32 heavy (non-hydrogen) atoms. The molecule has 1 aliphatic carbocycles. The van der Waals surface area contributed by atoms with E-state index in [1.54, 1.807) is 36.4 Å². The lowest BCUT2D eigenvalue weighted by atomic mass is 9.91. The predicted molar refractivity (Wildman–Crippen MR) is 121 cm³/mol. The van der Waals surface area contributed by atoms with Gasteiger partial charge in [-0.1, -0.05) is 17.7 Å². The zero-order chi connectivity index (χ0) is 22.5. The third-order valence-electron chi connectivity index (χ3n) is 6.16. The van der Waals surface area contributed by atoms with Crippen LogP contribution >= 0.6 is 11.6 Å². The molecule has 8 heteroatoms. The van der Waals surface area contributed by atoms with Crippen molar-refractivity contribution in [1.29, 1.82) is 0 Å². The summed E-state index contributed by atoms with van der Waals surface area (Å²) in [5.74, 6) is 0.924. The molecule has 0 unspecified atom stereocenters. The standard InChI is InChI=1S/C24H23ClN4O3/c1-24(13-28(14-24)23(31)22-17(15-5-6-15)4-3-11-26-22)29-21(30)10-9-19(27-29)18-8-7-16(25)12-20(18)32-2/h3-4,7-12,15H,5-6,13-14H2,1-2H3. The van der Waals surface area contributed by atoms with Crippen LogP contribution in [0.25, 0.3) is 11.3 Å². The molecule has 3 heterocycles. The number of hydrogen-bond donors (Lipinski definition) is 0. The molecule has 0 spiro atoms. The van der Waals surface area contributed by atoms with Gasteiger partial charge in [-0.3, -0.25) is 14.6 Å². The molecule has 164 valence electrons. The van der Waals surface area contributed by atoms with Crippen molar-refractivity contribution in [3.63, 3.8) is 0 Å². The molecule has 0 bridgehead atoms. The van der Waals surface area contributed by atoms with Crippen LogP contribution in [0.15, 0.2) is 53.5 Å². The van der Waals surface area contributed by atoms with Crippen LogP contribution in [0, 0.1) is 0 Å². The second-order valence-corrected chi connectivity index (χ2v) is 9.12. The van der Waals surface area contributed by atoms with Gasteiger partial charge >= 0.3 is 0 Å². The van der Waals surface area contributed by atoms with Crippen LogP contribution in [0.5, 0.6) is 5.75 Å². The number of carbonyl (C=O) groups is 1. The van der Waals surface area contributed by atoms with Crippen LogP contribution < -0.4 is 10.3 Å². The van der Waals surface area contributed by atoms with E-state index < -0.39 is 5.54 Å². The Bertz CT molecular complexity index is 1260. The van der Waals surface area contributed by atoms with Crippen LogP contribution in [0.1, 0.15) is 41.7 Å². The largest absolute Gasteiger partial charge is 0.496 e.